The van der Waals surface area contributed by atoms with E-state index in [-0.39, 0.29) is 24.1 Å². The minimum Gasteiger partial charge on any atom is -0.508 e. The van der Waals surface area contributed by atoms with Crippen LogP contribution in [0.4, 0.5) is 11.4 Å². The molecule has 4 rings (SSSR count). The molecule has 1 N–H and O–H groups in total. The number of methoxy groups -OCH3 is 2. The number of rotatable bonds is 9. The Morgan fingerprint density at radius 1 is 0.971 bits per heavy atom. The van der Waals surface area contributed by atoms with Gasteiger partial charge in [0.25, 0.3) is 0 Å². The Balaban J connectivity index is 1.81. The highest BCUT2D eigenvalue weighted by Crippen LogP contribution is 2.43. The summed E-state index contributed by atoms with van der Waals surface area (Å²) in [5, 5.41) is 9.89. The monoisotopic (exact) mass is 476 g/mol. The van der Waals surface area contributed by atoms with E-state index in [4.69, 9.17) is 14.2 Å². The highest BCUT2D eigenvalue weighted by Gasteiger charge is 2.36. The van der Waals surface area contributed by atoms with Gasteiger partial charge in [-0.1, -0.05) is 12.1 Å². The Morgan fingerprint density at radius 2 is 1.69 bits per heavy atom. The average Bonchev–Trinajstić information content (AvgIpc) is 2.86. The molecule has 0 radical (unpaired) electrons. The molecule has 1 aliphatic heterocycles. The third kappa shape index (κ3) is 5.20. The molecule has 0 fully saturated rings. The van der Waals surface area contributed by atoms with Crippen LogP contribution in [-0.4, -0.2) is 52.5 Å². The Hall–Kier alpha value is -3.71. The van der Waals surface area contributed by atoms with Crippen molar-refractivity contribution in [1.82, 2.24) is 0 Å². The molecule has 1 heterocycles. The van der Waals surface area contributed by atoms with E-state index in [2.05, 4.69) is 0 Å². The van der Waals surface area contributed by atoms with Crippen LogP contribution in [0.5, 0.6) is 17.2 Å². The second kappa shape index (κ2) is 10.7. The van der Waals surface area contributed by atoms with Crippen molar-refractivity contribution in [2.24, 2.45) is 0 Å². The largest absolute Gasteiger partial charge is 0.508 e. The minimum absolute atomic E-state index is 0.0102. The fraction of sp³-hybridized carbons (Fsp3) is 0.321. The second-order valence-electron chi connectivity index (χ2n) is 8.74. The van der Waals surface area contributed by atoms with Crippen LogP contribution in [0.1, 0.15) is 29.2 Å². The number of hydrogen-bond acceptors (Lipinski definition) is 6. The fourth-order valence-corrected chi connectivity index (χ4v) is 4.40. The third-order valence-corrected chi connectivity index (χ3v) is 6.19. The number of fused-ring (bicyclic) bond motifs is 1. The molecule has 35 heavy (non-hydrogen) atoms. The molecule has 7 nitrogen and oxygen atoms in total. The number of ether oxygens (including phenoxy) is 3. The third-order valence-electron chi connectivity index (χ3n) is 6.19. The minimum atomic E-state index is -0.385. The average molecular weight is 477 g/mol. The smallest absolute Gasteiger partial charge is 0.232 e. The van der Waals surface area contributed by atoms with Crippen LogP contribution in [0.15, 0.2) is 60.7 Å². The van der Waals surface area contributed by atoms with Gasteiger partial charge in [-0.05, 0) is 65.2 Å². The molecule has 3 aromatic carbocycles. The summed E-state index contributed by atoms with van der Waals surface area (Å²) < 4.78 is 16.8. The maximum absolute atomic E-state index is 13.5. The normalized spacial score (nSPS) is 15.0. The highest BCUT2D eigenvalue weighted by atomic mass is 16.5. The molecule has 0 aromatic heterocycles. The van der Waals surface area contributed by atoms with Crippen LogP contribution in [0.25, 0.3) is 0 Å². The molecule has 1 aliphatic rings. The van der Waals surface area contributed by atoms with Gasteiger partial charge >= 0.3 is 0 Å². The van der Waals surface area contributed by atoms with E-state index >= 15 is 0 Å². The number of anilines is 2. The Labute approximate surface area is 206 Å². The number of phenols is 1. The molecular weight excluding hydrogens is 444 g/mol. The van der Waals surface area contributed by atoms with E-state index < -0.39 is 0 Å². The lowest BCUT2D eigenvalue weighted by atomic mass is 9.86. The van der Waals surface area contributed by atoms with Crippen molar-refractivity contribution in [3.05, 3.63) is 77.4 Å². The first-order valence-corrected chi connectivity index (χ1v) is 11.6. The van der Waals surface area contributed by atoms with Gasteiger partial charge in [0.2, 0.25) is 5.91 Å². The Kier molecular flexibility index (Phi) is 7.46. The standard InChI is InChI=1S/C28H32N2O5/c1-29(2)21-8-10-22(11-9-21)30-27(32)17-20-16-25(34-4)26(35-15-5-14-33-3)18-24(20)28(30)19-6-12-23(31)13-7-19/h6-13,16,18,28,31H,5,14-15,17H2,1-4H3. The SMILES string of the molecule is COCCCOc1cc2c(cc1OC)CC(=O)N(c1ccc(N(C)C)cc1)C2c1ccc(O)cc1. The first kappa shape index (κ1) is 24.4. The van der Waals surface area contributed by atoms with Gasteiger partial charge in [0.05, 0.1) is 26.2 Å². The highest BCUT2D eigenvalue weighted by molar-refractivity contribution is 5.98. The van der Waals surface area contributed by atoms with Gasteiger partial charge in [0.15, 0.2) is 11.5 Å². The van der Waals surface area contributed by atoms with Crippen LogP contribution in [-0.2, 0) is 16.0 Å². The summed E-state index contributed by atoms with van der Waals surface area (Å²) >= 11 is 0. The quantitative estimate of drug-likeness (QED) is 0.457. The maximum atomic E-state index is 13.5. The van der Waals surface area contributed by atoms with Gasteiger partial charge in [-0.25, -0.2) is 0 Å². The molecule has 0 aliphatic carbocycles. The lowest BCUT2D eigenvalue weighted by Crippen LogP contribution is -2.41. The van der Waals surface area contributed by atoms with Crippen LogP contribution >= 0.6 is 0 Å². The summed E-state index contributed by atoms with van der Waals surface area (Å²) in [5.41, 5.74) is 4.62. The predicted molar refractivity (Wildman–Crippen MR) is 137 cm³/mol. The van der Waals surface area contributed by atoms with Crippen molar-refractivity contribution < 1.29 is 24.1 Å². The molecule has 7 heteroatoms. The molecule has 1 atom stereocenters. The van der Waals surface area contributed by atoms with E-state index in [1.54, 1.807) is 26.4 Å². The van der Waals surface area contributed by atoms with Gasteiger partial charge in [-0.15, -0.1) is 0 Å². The maximum Gasteiger partial charge on any atom is 0.232 e. The Morgan fingerprint density at radius 3 is 2.31 bits per heavy atom. The van der Waals surface area contributed by atoms with Crippen molar-refractivity contribution in [3.63, 3.8) is 0 Å². The molecule has 1 amide bonds. The number of nitrogens with zero attached hydrogens (tertiary/aromatic N) is 2. The lowest BCUT2D eigenvalue weighted by molar-refractivity contribution is -0.118. The van der Waals surface area contributed by atoms with Gasteiger partial charge < -0.3 is 29.1 Å². The summed E-state index contributed by atoms with van der Waals surface area (Å²) in [7, 11) is 7.24. The van der Waals surface area contributed by atoms with E-state index in [0.717, 1.165) is 34.5 Å². The number of carbonyl (C=O) groups excluding carboxylic acids is 1. The van der Waals surface area contributed by atoms with Crippen LogP contribution < -0.4 is 19.3 Å². The van der Waals surface area contributed by atoms with Gasteiger partial charge in [0.1, 0.15) is 5.75 Å². The van der Waals surface area contributed by atoms with E-state index in [0.29, 0.717) is 24.7 Å². The van der Waals surface area contributed by atoms with Crippen LogP contribution in [0.2, 0.25) is 0 Å². The summed E-state index contributed by atoms with van der Waals surface area (Å²) in [5.74, 6) is 1.39. The van der Waals surface area contributed by atoms with Crippen molar-refractivity contribution in [3.8, 4) is 17.2 Å². The molecule has 0 saturated carbocycles. The predicted octanol–water partition coefficient (Wildman–Crippen LogP) is 4.56. The molecule has 0 spiro atoms. The second-order valence-corrected chi connectivity index (χ2v) is 8.74. The van der Waals surface area contributed by atoms with Crippen molar-refractivity contribution in [2.75, 3.05) is 51.3 Å². The molecular formula is C28H32N2O5. The zero-order valence-corrected chi connectivity index (χ0v) is 20.7. The number of carbonyl (C=O) groups is 1. The number of phenolic OH excluding ortho intramolecular Hbond substituents is 1. The van der Waals surface area contributed by atoms with E-state index in [9.17, 15) is 9.90 Å². The summed E-state index contributed by atoms with van der Waals surface area (Å²) in [6.45, 7) is 1.09. The van der Waals surface area contributed by atoms with E-state index in [1.165, 1.54) is 0 Å². The molecule has 0 bridgehead atoms. The van der Waals surface area contributed by atoms with Crippen molar-refractivity contribution in [2.45, 2.75) is 18.9 Å². The number of hydrogen-bond donors (Lipinski definition) is 1. The molecule has 3 aromatic rings. The summed E-state index contributed by atoms with van der Waals surface area (Å²) in [6, 6.07) is 18.4. The van der Waals surface area contributed by atoms with E-state index in [1.807, 2.05) is 72.4 Å². The van der Waals surface area contributed by atoms with Gasteiger partial charge in [-0.3, -0.25) is 4.79 Å². The fourth-order valence-electron chi connectivity index (χ4n) is 4.40. The van der Waals surface area contributed by atoms with Crippen LogP contribution in [0, 0.1) is 0 Å². The number of aromatic hydroxyl groups is 1. The summed E-state index contributed by atoms with van der Waals surface area (Å²) in [6.07, 6.45) is 1.00. The van der Waals surface area contributed by atoms with Gasteiger partial charge in [0, 0.05) is 45.6 Å². The summed E-state index contributed by atoms with van der Waals surface area (Å²) in [4.78, 5) is 17.4. The first-order valence-electron chi connectivity index (χ1n) is 11.6. The topological polar surface area (TPSA) is 71.5 Å². The number of benzene rings is 3. The molecule has 0 saturated heterocycles. The first-order chi connectivity index (χ1) is 16.9. The van der Waals surface area contributed by atoms with Crippen LogP contribution in [0.3, 0.4) is 0 Å². The van der Waals surface area contributed by atoms with Crippen molar-refractivity contribution in [1.29, 1.82) is 0 Å². The number of amides is 1. The molecule has 184 valence electrons. The molecule has 1 unspecified atom stereocenters. The lowest BCUT2D eigenvalue weighted by Gasteiger charge is -2.38. The zero-order chi connectivity index (χ0) is 24.9. The zero-order valence-electron chi connectivity index (χ0n) is 20.7. The Bertz CT molecular complexity index is 1160. The van der Waals surface area contributed by atoms with Crippen molar-refractivity contribution >= 4 is 17.3 Å². The van der Waals surface area contributed by atoms with Gasteiger partial charge in [-0.2, -0.15) is 0 Å².